The summed E-state index contributed by atoms with van der Waals surface area (Å²) in [5.74, 6) is 0. The molecule has 0 bridgehead atoms. The third kappa shape index (κ3) is 3.11. The SMILES string of the molecule is CC(N[C@H](C)c1ccccn1)c1cccnc1. The van der Waals surface area contributed by atoms with E-state index in [-0.39, 0.29) is 12.1 Å². The maximum Gasteiger partial charge on any atom is 0.0570 e. The monoisotopic (exact) mass is 227 g/mol. The molecular formula is C14H17N3. The second-order valence-electron chi connectivity index (χ2n) is 4.15. The number of rotatable bonds is 4. The van der Waals surface area contributed by atoms with E-state index in [4.69, 9.17) is 0 Å². The van der Waals surface area contributed by atoms with Crippen LogP contribution in [-0.2, 0) is 0 Å². The summed E-state index contributed by atoms with van der Waals surface area (Å²) in [6, 6.07) is 10.5. The van der Waals surface area contributed by atoms with Gasteiger partial charge in [-0.05, 0) is 37.6 Å². The summed E-state index contributed by atoms with van der Waals surface area (Å²) in [7, 11) is 0. The Kier molecular flexibility index (Phi) is 3.83. The molecule has 0 spiro atoms. The van der Waals surface area contributed by atoms with E-state index in [0.717, 1.165) is 5.69 Å². The van der Waals surface area contributed by atoms with Crippen molar-refractivity contribution >= 4 is 0 Å². The van der Waals surface area contributed by atoms with Crippen molar-refractivity contribution in [3.8, 4) is 0 Å². The highest BCUT2D eigenvalue weighted by Gasteiger charge is 2.11. The van der Waals surface area contributed by atoms with Gasteiger partial charge in [0, 0.05) is 30.7 Å². The van der Waals surface area contributed by atoms with Crippen LogP contribution in [-0.4, -0.2) is 9.97 Å². The Balaban J connectivity index is 2.02. The molecule has 88 valence electrons. The lowest BCUT2D eigenvalue weighted by atomic mass is 10.1. The Hall–Kier alpha value is -1.74. The van der Waals surface area contributed by atoms with Crippen LogP contribution in [0.15, 0.2) is 48.9 Å². The molecule has 0 aliphatic heterocycles. The lowest BCUT2D eigenvalue weighted by Crippen LogP contribution is -2.23. The molecule has 0 radical (unpaired) electrons. The molecule has 0 aromatic carbocycles. The summed E-state index contributed by atoms with van der Waals surface area (Å²) in [5.41, 5.74) is 2.25. The third-order valence-corrected chi connectivity index (χ3v) is 2.82. The van der Waals surface area contributed by atoms with Gasteiger partial charge in [0.15, 0.2) is 0 Å². The number of nitrogens with one attached hydrogen (secondary N) is 1. The van der Waals surface area contributed by atoms with Crippen molar-refractivity contribution in [2.75, 3.05) is 0 Å². The molecule has 3 nitrogen and oxygen atoms in total. The summed E-state index contributed by atoms with van der Waals surface area (Å²) >= 11 is 0. The molecule has 3 heteroatoms. The topological polar surface area (TPSA) is 37.8 Å². The molecule has 1 N–H and O–H groups in total. The second kappa shape index (κ2) is 5.55. The molecule has 0 fully saturated rings. The first-order valence-electron chi connectivity index (χ1n) is 5.84. The number of nitrogens with zero attached hydrogens (tertiary/aromatic N) is 2. The van der Waals surface area contributed by atoms with Gasteiger partial charge in [0.05, 0.1) is 5.69 Å². The van der Waals surface area contributed by atoms with Crippen LogP contribution in [0.3, 0.4) is 0 Å². The van der Waals surface area contributed by atoms with Crippen molar-refractivity contribution in [1.82, 2.24) is 15.3 Å². The zero-order chi connectivity index (χ0) is 12.1. The van der Waals surface area contributed by atoms with E-state index >= 15 is 0 Å². The highest BCUT2D eigenvalue weighted by molar-refractivity contribution is 5.14. The van der Waals surface area contributed by atoms with Gasteiger partial charge in [0.1, 0.15) is 0 Å². The molecule has 2 rings (SSSR count). The zero-order valence-corrected chi connectivity index (χ0v) is 10.2. The highest BCUT2D eigenvalue weighted by atomic mass is 15.0. The van der Waals surface area contributed by atoms with E-state index in [1.165, 1.54) is 5.56 Å². The van der Waals surface area contributed by atoms with Crippen molar-refractivity contribution < 1.29 is 0 Å². The Morgan fingerprint density at radius 2 is 1.88 bits per heavy atom. The summed E-state index contributed by atoms with van der Waals surface area (Å²) in [4.78, 5) is 8.48. The van der Waals surface area contributed by atoms with Gasteiger partial charge >= 0.3 is 0 Å². The van der Waals surface area contributed by atoms with Gasteiger partial charge < -0.3 is 5.32 Å². The molecule has 17 heavy (non-hydrogen) atoms. The van der Waals surface area contributed by atoms with Crippen LogP contribution in [0.25, 0.3) is 0 Å². The molecule has 0 aliphatic carbocycles. The summed E-state index contributed by atoms with van der Waals surface area (Å²) in [6.07, 6.45) is 5.50. The first-order valence-corrected chi connectivity index (χ1v) is 5.84. The van der Waals surface area contributed by atoms with Crippen LogP contribution in [0.5, 0.6) is 0 Å². The first kappa shape index (κ1) is 11.7. The number of hydrogen-bond acceptors (Lipinski definition) is 3. The summed E-state index contributed by atoms with van der Waals surface area (Å²) in [5, 5.41) is 3.51. The molecule has 1 unspecified atom stereocenters. The van der Waals surface area contributed by atoms with Crippen LogP contribution < -0.4 is 5.32 Å². The fraction of sp³-hybridized carbons (Fsp3) is 0.286. The normalized spacial score (nSPS) is 14.2. The van der Waals surface area contributed by atoms with E-state index in [1.54, 1.807) is 6.20 Å². The molecule has 0 aliphatic rings. The minimum Gasteiger partial charge on any atom is -0.302 e. The zero-order valence-electron chi connectivity index (χ0n) is 10.2. The molecular weight excluding hydrogens is 210 g/mol. The van der Waals surface area contributed by atoms with Gasteiger partial charge in [-0.2, -0.15) is 0 Å². The Bertz CT molecular complexity index is 398. The predicted octanol–water partition coefficient (Wildman–Crippen LogP) is 2.89. The molecule has 0 amide bonds. The summed E-state index contributed by atoms with van der Waals surface area (Å²) < 4.78 is 0. The lowest BCUT2D eigenvalue weighted by Gasteiger charge is -2.19. The third-order valence-electron chi connectivity index (χ3n) is 2.82. The number of aromatic nitrogens is 2. The Morgan fingerprint density at radius 1 is 1.00 bits per heavy atom. The number of pyridine rings is 2. The van der Waals surface area contributed by atoms with E-state index in [0.29, 0.717) is 0 Å². The lowest BCUT2D eigenvalue weighted by molar-refractivity contribution is 0.485. The predicted molar refractivity (Wildman–Crippen MR) is 68.4 cm³/mol. The first-order chi connectivity index (χ1) is 8.27. The largest absolute Gasteiger partial charge is 0.302 e. The highest BCUT2D eigenvalue weighted by Crippen LogP contribution is 2.16. The molecule has 2 aromatic rings. The molecule has 0 saturated carbocycles. The number of hydrogen-bond donors (Lipinski definition) is 1. The van der Waals surface area contributed by atoms with Gasteiger partial charge in [-0.3, -0.25) is 9.97 Å². The van der Waals surface area contributed by atoms with E-state index in [9.17, 15) is 0 Å². The van der Waals surface area contributed by atoms with Crippen LogP contribution in [0.1, 0.15) is 37.2 Å². The Labute approximate surface area is 102 Å². The van der Waals surface area contributed by atoms with Gasteiger partial charge in [0.2, 0.25) is 0 Å². The van der Waals surface area contributed by atoms with Gasteiger partial charge in [-0.25, -0.2) is 0 Å². The van der Waals surface area contributed by atoms with Crippen molar-refractivity contribution in [1.29, 1.82) is 0 Å². The molecule has 2 atom stereocenters. The van der Waals surface area contributed by atoms with Crippen LogP contribution >= 0.6 is 0 Å². The minimum atomic E-state index is 0.228. The standard InChI is InChI=1S/C14H17N3/c1-11(13-6-5-8-15-10-13)17-12(2)14-7-3-4-9-16-14/h3-12,17H,1-2H3/t11?,12-/m1/s1. The smallest absolute Gasteiger partial charge is 0.0570 e. The average molecular weight is 227 g/mol. The quantitative estimate of drug-likeness (QED) is 0.872. The summed E-state index contributed by atoms with van der Waals surface area (Å²) in [6.45, 7) is 4.26. The molecule has 2 aromatic heterocycles. The fourth-order valence-corrected chi connectivity index (χ4v) is 1.82. The van der Waals surface area contributed by atoms with E-state index < -0.39 is 0 Å². The van der Waals surface area contributed by atoms with Gasteiger partial charge in [-0.15, -0.1) is 0 Å². The van der Waals surface area contributed by atoms with E-state index in [2.05, 4.69) is 35.2 Å². The van der Waals surface area contributed by atoms with Gasteiger partial charge in [0.25, 0.3) is 0 Å². The van der Waals surface area contributed by atoms with Crippen molar-refractivity contribution in [3.63, 3.8) is 0 Å². The maximum atomic E-state index is 4.35. The Morgan fingerprint density at radius 3 is 2.53 bits per heavy atom. The van der Waals surface area contributed by atoms with Crippen LogP contribution in [0.2, 0.25) is 0 Å². The van der Waals surface area contributed by atoms with Crippen molar-refractivity contribution in [3.05, 3.63) is 60.2 Å². The fourth-order valence-electron chi connectivity index (χ4n) is 1.82. The maximum absolute atomic E-state index is 4.35. The van der Waals surface area contributed by atoms with Crippen LogP contribution in [0.4, 0.5) is 0 Å². The van der Waals surface area contributed by atoms with Crippen molar-refractivity contribution in [2.45, 2.75) is 25.9 Å². The second-order valence-corrected chi connectivity index (χ2v) is 4.15. The minimum absolute atomic E-state index is 0.228. The van der Waals surface area contributed by atoms with Crippen molar-refractivity contribution in [2.24, 2.45) is 0 Å². The molecule has 2 heterocycles. The van der Waals surface area contributed by atoms with E-state index in [1.807, 2.05) is 36.7 Å². The van der Waals surface area contributed by atoms with Gasteiger partial charge in [-0.1, -0.05) is 12.1 Å². The average Bonchev–Trinajstić information content (AvgIpc) is 2.40. The van der Waals surface area contributed by atoms with Crippen LogP contribution in [0, 0.1) is 0 Å². The molecule has 0 saturated heterocycles.